The van der Waals surface area contributed by atoms with Crippen LogP contribution in [-0.2, 0) is 19.5 Å². The van der Waals surface area contributed by atoms with Crippen molar-refractivity contribution in [2.24, 2.45) is 0 Å². The van der Waals surface area contributed by atoms with Crippen LogP contribution in [0.2, 0.25) is 0 Å². The molecule has 0 radical (unpaired) electrons. The first-order chi connectivity index (χ1) is 15.2. The summed E-state index contributed by atoms with van der Waals surface area (Å²) in [6.07, 6.45) is 9.51. The Hall–Kier alpha value is -2.73. The molecule has 2 aromatic heterocycles. The Morgan fingerprint density at radius 1 is 1.03 bits per heavy atom. The third-order valence-corrected chi connectivity index (χ3v) is 6.65. The van der Waals surface area contributed by atoms with E-state index in [1.807, 2.05) is 12.1 Å². The molecule has 31 heavy (non-hydrogen) atoms. The van der Waals surface area contributed by atoms with Crippen LogP contribution in [0.4, 0.5) is 0 Å². The van der Waals surface area contributed by atoms with Gasteiger partial charge in [-0.15, -0.1) is 0 Å². The molecule has 1 saturated carbocycles. The van der Waals surface area contributed by atoms with Gasteiger partial charge in [-0.25, -0.2) is 15.0 Å². The first-order valence-corrected chi connectivity index (χ1v) is 11.3. The van der Waals surface area contributed by atoms with Crippen LogP contribution in [0.3, 0.4) is 0 Å². The smallest absolute Gasteiger partial charge is 0.218 e. The minimum absolute atomic E-state index is 0.559. The molecule has 162 valence electrons. The Morgan fingerprint density at radius 2 is 1.90 bits per heavy atom. The summed E-state index contributed by atoms with van der Waals surface area (Å²) in [5.74, 6) is 3.11. The van der Waals surface area contributed by atoms with Crippen LogP contribution in [0.5, 0.6) is 11.6 Å². The largest absolute Gasteiger partial charge is 0.497 e. The second-order valence-electron chi connectivity index (χ2n) is 8.71. The summed E-state index contributed by atoms with van der Waals surface area (Å²) >= 11 is 0. The number of fused-ring (bicyclic) bond motifs is 2. The minimum Gasteiger partial charge on any atom is -0.497 e. The summed E-state index contributed by atoms with van der Waals surface area (Å²) in [6.45, 7) is 2.64. The minimum atomic E-state index is 0.559. The molecule has 6 heteroatoms. The van der Waals surface area contributed by atoms with Gasteiger partial charge in [0.25, 0.3) is 0 Å². The van der Waals surface area contributed by atoms with E-state index in [2.05, 4.69) is 23.2 Å². The normalized spacial score (nSPS) is 17.5. The summed E-state index contributed by atoms with van der Waals surface area (Å²) in [4.78, 5) is 16.9. The number of hydrogen-bond acceptors (Lipinski definition) is 6. The fourth-order valence-electron chi connectivity index (χ4n) is 4.91. The van der Waals surface area contributed by atoms with Crippen molar-refractivity contribution in [1.29, 1.82) is 0 Å². The second-order valence-corrected chi connectivity index (χ2v) is 8.71. The molecule has 1 aliphatic carbocycles. The lowest BCUT2D eigenvalue weighted by Crippen LogP contribution is -2.31. The van der Waals surface area contributed by atoms with Gasteiger partial charge in [0.2, 0.25) is 5.88 Å². The van der Waals surface area contributed by atoms with Gasteiger partial charge in [0.05, 0.1) is 19.7 Å². The maximum atomic E-state index is 5.62. The molecule has 0 N–H and O–H groups in total. The molecule has 0 atom stereocenters. The van der Waals surface area contributed by atoms with Crippen molar-refractivity contribution in [1.82, 2.24) is 19.9 Å². The van der Waals surface area contributed by atoms with E-state index in [0.717, 1.165) is 54.1 Å². The van der Waals surface area contributed by atoms with Crippen molar-refractivity contribution in [2.45, 2.75) is 57.5 Å². The quantitative estimate of drug-likeness (QED) is 0.601. The maximum absolute atomic E-state index is 5.62. The first kappa shape index (κ1) is 20.2. The zero-order valence-corrected chi connectivity index (χ0v) is 18.4. The zero-order chi connectivity index (χ0) is 21.2. The van der Waals surface area contributed by atoms with E-state index in [1.54, 1.807) is 14.2 Å². The van der Waals surface area contributed by atoms with Gasteiger partial charge in [0.15, 0.2) is 0 Å². The highest BCUT2D eigenvalue weighted by Gasteiger charge is 2.23. The van der Waals surface area contributed by atoms with E-state index >= 15 is 0 Å². The average molecular weight is 419 g/mol. The van der Waals surface area contributed by atoms with Crippen LogP contribution in [0, 0.1) is 0 Å². The molecule has 0 unspecified atom stereocenters. The number of aromatic nitrogens is 3. The topological polar surface area (TPSA) is 60.4 Å². The second kappa shape index (κ2) is 8.79. The van der Waals surface area contributed by atoms with E-state index in [0.29, 0.717) is 11.8 Å². The van der Waals surface area contributed by atoms with E-state index in [-0.39, 0.29) is 0 Å². The standard InChI is InChI=1S/C25H30N4O2/c1-30-21-9-8-18-12-19(25(31-2)28-23(18)13-21)15-29-11-10-22-20(16-29)14-26-24(27-22)17-6-4-3-5-7-17/h8-9,12-14,17H,3-7,10-11,15-16H2,1-2H3. The Bertz CT molecular complexity index is 1080. The van der Waals surface area contributed by atoms with Crippen LogP contribution in [0.1, 0.15) is 60.7 Å². The van der Waals surface area contributed by atoms with Crippen molar-refractivity contribution in [3.05, 3.63) is 53.1 Å². The molecule has 2 aliphatic rings. The van der Waals surface area contributed by atoms with Gasteiger partial charge >= 0.3 is 0 Å². The van der Waals surface area contributed by atoms with Gasteiger partial charge in [0, 0.05) is 66.4 Å². The Balaban J connectivity index is 1.34. The third kappa shape index (κ3) is 4.22. The van der Waals surface area contributed by atoms with E-state index in [4.69, 9.17) is 24.4 Å². The molecule has 5 rings (SSSR count). The molecule has 3 heterocycles. The van der Waals surface area contributed by atoms with Crippen molar-refractivity contribution in [3.8, 4) is 11.6 Å². The van der Waals surface area contributed by atoms with Crippen LogP contribution in [-0.4, -0.2) is 40.6 Å². The molecular formula is C25H30N4O2. The first-order valence-electron chi connectivity index (χ1n) is 11.3. The lowest BCUT2D eigenvalue weighted by molar-refractivity contribution is 0.237. The lowest BCUT2D eigenvalue weighted by atomic mass is 9.88. The number of benzene rings is 1. The van der Waals surface area contributed by atoms with Gasteiger partial charge in [-0.1, -0.05) is 19.3 Å². The number of rotatable bonds is 5. The van der Waals surface area contributed by atoms with Gasteiger partial charge < -0.3 is 9.47 Å². The van der Waals surface area contributed by atoms with E-state index < -0.39 is 0 Å². The fraction of sp³-hybridized carbons (Fsp3) is 0.480. The maximum Gasteiger partial charge on any atom is 0.218 e. The highest BCUT2D eigenvalue weighted by atomic mass is 16.5. The molecule has 0 spiro atoms. The van der Waals surface area contributed by atoms with Crippen LogP contribution in [0.25, 0.3) is 10.9 Å². The van der Waals surface area contributed by atoms with Crippen LogP contribution < -0.4 is 9.47 Å². The van der Waals surface area contributed by atoms with Crippen LogP contribution >= 0.6 is 0 Å². The summed E-state index contributed by atoms with van der Waals surface area (Å²) in [6, 6.07) is 8.15. The number of pyridine rings is 1. The van der Waals surface area contributed by atoms with E-state index in [1.165, 1.54) is 43.4 Å². The average Bonchev–Trinajstić information content (AvgIpc) is 2.83. The molecule has 0 bridgehead atoms. The van der Waals surface area contributed by atoms with Crippen LogP contribution in [0.15, 0.2) is 30.5 Å². The molecule has 0 saturated heterocycles. The Kier molecular flexibility index (Phi) is 5.72. The fourth-order valence-corrected chi connectivity index (χ4v) is 4.91. The van der Waals surface area contributed by atoms with Gasteiger partial charge in [-0.3, -0.25) is 4.90 Å². The number of hydrogen-bond donors (Lipinski definition) is 0. The monoisotopic (exact) mass is 418 g/mol. The summed E-state index contributed by atoms with van der Waals surface area (Å²) in [5.41, 5.74) is 4.47. The van der Waals surface area contributed by atoms with Crippen molar-refractivity contribution < 1.29 is 9.47 Å². The van der Waals surface area contributed by atoms with E-state index in [9.17, 15) is 0 Å². The molecule has 1 aromatic carbocycles. The molecule has 1 aliphatic heterocycles. The summed E-state index contributed by atoms with van der Waals surface area (Å²) in [5, 5.41) is 1.09. The Morgan fingerprint density at radius 3 is 2.71 bits per heavy atom. The summed E-state index contributed by atoms with van der Waals surface area (Å²) in [7, 11) is 3.35. The number of methoxy groups -OCH3 is 2. The van der Waals surface area contributed by atoms with Crippen molar-refractivity contribution in [2.75, 3.05) is 20.8 Å². The molecule has 0 amide bonds. The molecule has 3 aromatic rings. The molecule has 6 nitrogen and oxygen atoms in total. The highest BCUT2D eigenvalue weighted by molar-refractivity contribution is 5.81. The zero-order valence-electron chi connectivity index (χ0n) is 18.4. The third-order valence-electron chi connectivity index (χ3n) is 6.65. The predicted molar refractivity (Wildman–Crippen MR) is 121 cm³/mol. The predicted octanol–water partition coefficient (Wildman–Crippen LogP) is 4.65. The SMILES string of the molecule is COc1ccc2cc(CN3CCc4nc(C5CCCCC5)ncc4C3)c(OC)nc2c1. The Labute approximate surface area is 183 Å². The molecular weight excluding hydrogens is 388 g/mol. The van der Waals surface area contributed by atoms with Gasteiger partial charge in [-0.2, -0.15) is 0 Å². The highest BCUT2D eigenvalue weighted by Crippen LogP contribution is 2.32. The van der Waals surface area contributed by atoms with Gasteiger partial charge in [-0.05, 0) is 31.0 Å². The lowest BCUT2D eigenvalue weighted by Gasteiger charge is -2.29. The van der Waals surface area contributed by atoms with Crippen molar-refractivity contribution in [3.63, 3.8) is 0 Å². The van der Waals surface area contributed by atoms with Crippen molar-refractivity contribution >= 4 is 10.9 Å². The molecule has 1 fully saturated rings. The number of ether oxygens (including phenoxy) is 2. The number of nitrogens with zero attached hydrogens (tertiary/aromatic N) is 4. The summed E-state index contributed by atoms with van der Waals surface area (Å²) < 4.78 is 10.9. The van der Waals surface area contributed by atoms with Gasteiger partial charge in [0.1, 0.15) is 11.6 Å².